The molecule has 1 heterocycles. The standard InChI is InChI=1S/C15H18FN3O3S.ClH/c1-21-12-8-13(22-2)10(16)6-9(12)11-7-14(20)18-15(23)19(11)5-3-4-17;/h6-8H,3-5,17H2,1-2H3,(H,18,20,23);1H. The van der Waals surface area contributed by atoms with Gasteiger partial charge in [-0.2, -0.15) is 0 Å². The Balaban J connectivity index is 0.00000288. The number of ether oxygens (including phenoxy) is 2. The molecular formula is C15H19ClFN3O3S. The summed E-state index contributed by atoms with van der Waals surface area (Å²) in [4.78, 5) is 14.4. The van der Waals surface area contributed by atoms with Gasteiger partial charge in [-0.15, -0.1) is 12.4 Å². The number of nitrogens with two attached hydrogens (primary N) is 1. The van der Waals surface area contributed by atoms with Crippen molar-refractivity contribution >= 4 is 24.6 Å². The van der Waals surface area contributed by atoms with Gasteiger partial charge in [0.2, 0.25) is 0 Å². The number of aromatic amines is 1. The van der Waals surface area contributed by atoms with E-state index in [1.54, 1.807) is 4.57 Å². The van der Waals surface area contributed by atoms with Crippen molar-refractivity contribution in [2.45, 2.75) is 13.0 Å². The van der Waals surface area contributed by atoms with Crippen molar-refractivity contribution in [2.24, 2.45) is 5.73 Å². The number of aromatic nitrogens is 2. The fourth-order valence-corrected chi connectivity index (χ4v) is 2.57. The molecule has 3 N–H and O–H groups in total. The molecule has 0 bridgehead atoms. The van der Waals surface area contributed by atoms with Crippen LogP contribution in [0.1, 0.15) is 6.42 Å². The summed E-state index contributed by atoms with van der Waals surface area (Å²) in [7, 11) is 2.83. The molecule has 2 aromatic rings. The van der Waals surface area contributed by atoms with Crippen LogP contribution in [0.15, 0.2) is 23.0 Å². The maximum atomic E-state index is 14.1. The monoisotopic (exact) mass is 375 g/mol. The summed E-state index contributed by atoms with van der Waals surface area (Å²) >= 11 is 5.21. The highest BCUT2D eigenvalue weighted by Gasteiger charge is 2.16. The van der Waals surface area contributed by atoms with Crippen molar-refractivity contribution in [1.82, 2.24) is 9.55 Å². The molecular weight excluding hydrogens is 357 g/mol. The van der Waals surface area contributed by atoms with E-state index >= 15 is 0 Å². The Morgan fingerprint density at radius 3 is 2.50 bits per heavy atom. The number of nitrogens with zero attached hydrogens (tertiary/aromatic N) is 1. The topological polar surface area (TPSA) is 82.3 Å². The van der Waals surface area contributed by atoms with Crippen molar-refractivity contribution in [3.63, 3.8) is 0 Å². The molecule has 0 atom stereocenters. The first-order valence-corrected chi connectivity index (χ1v) is 7.38. The molecule has 0 aliphatic rings. The van der Waals surface area contributed by atoms with Crippen LogP contribution >= 0.6 is 24.6 Å². The molecule has 132 valence electrons. The van der Waals surface area contributed by atoms with Gasteiger partial charge in [0.25, 0.3) is 5.56 Å². The Hall–Kier alpha value is -1.90. The van der Waals surface area contributed by atoms with Gasteiger partial charge in [-0.1, -0.05) is 0 Å². The van der Waals surface area contributed by atoms with Gasteiger partial charge in [-0.25, -0.2) is 4.39 Å². The lowest BCUT2D eigenvalue weighted by Crippen LogP contribution is -2.17. The third-order valence-electron chi connectivity index (χ3n) is 3.37. The Bertz CT molecular complexity index is 823. The second-order valence-corrected chi connectivity index (χ2v) is 5.19. The Morgan fingerprint density at radius 1 is 1.25 bits per heavy atom. The zero-order valence-electron chi connectivity index (χ0n) is 13.3. The molecule has 0 fully saturated rings. The number of hydrogen-bond donors (Lipinski definition) is 2. The van der Waals surface area contributed by atoms with Crippen LogP contribution in [-0.4, -0.2) is 30.3 Å². The maximum Gasteiger partial charge on any atom is 0.252 e. The van der Waals surface area contributed by atoms with Crippen LogP contribution in [-0.2, 0) is 6.54 Å². The smallest absolute Gasteiger partial charge is 0.252 e. The van der Waals surface area contributed by atoms with Crippen molar-refractivity contribution in [3.05, 3.63) is 39.1 Å². The van der Waals surface area contributed by atoms with Crippen LogP contribution in [0.25, 0.3) is 11.3 Å². The van der Waals surface area contributed by atoms with Gasteiger partial charge in [0.15, 0.2) is 16.3 Å². The van der Waals surface area contributed by atoms with E-state index in [9.17, 15) is 9.18 Å². The minimum Gasteiger partial charge on any atom is -0.496 e. The second-order valence-electron chi connectivity index (χ2n) is 4.80. The van der Waals surface area contributed by atoms with E-state index in [2.05, 4.69) is 4.98 Å². The van der Waals surface area contributed by atoms with Crippen molar-refractivity contribution in [3.8, 4) is 22.8 Å². The molecule has 9 heteroatoms. The number of hydrogen-bond acceptors (Lipinski definition) is 5. The average molecular weight is 376 g/mol. The molecule has 0 unspecified atom stereocenters. The molecule has 0 aliphatic carbocycles. The molecule has 0 saturated carbocycles. The van der Waals surface area contributed by atoms with E-state index in [1.165, 1.54) is 32.4 Å². The van der Waals surface area contributed by atoms with Crippen molar-refractivity contribution < 1.29 is 13.9 Å². The van der Waals surface area contributed by atoms with E-state index in [0.717, 1.165) is 0 Å². The number of methoxy groups -OCH3 is 2. The summed E-state index contributed by atoms with van der Waals surface area (Å²) in [6.07, 6.45) is 0.661. The normalized spacial score (nSPS) is 10.2. The summed E-state index contributed by atoms with van der Waals surface area (Å²) in [6.45, 7) is 0.965. The average Bonchev–Trinajstić information content (AvgIpc) is 2.53. The molecule has 0 saturated heterocycles. The van der Waals surface area contributed by atoms with Crippen molar-refractivity contribution in [2.75, 3.05) is 20.8 Å². The number of halogens is 2. The van der Waals surface area contributed by atoms with Gasteiger partial charge in [0.1, 0.15) is 5.75 Å². The summed E-state index contributed by atoms with van der Waals surface area (Å²) < 4.78 is 26.3. The molecule has 0 radical (unpaired) electrons. The number of H-pyrrole nitrogens is 1. The highest BCUT2D eigenvalue weighted by molar-refractivity contribution is 7.71. The van der Waals surface area contributed by atoms with E-state index in [-0.39, 0.29) is 28.5 Å². The lowest BCUT2D eigenvalue weighted by molar-refractivity contribution is 0.374. The van der Waals surface area contributed by atoms with Crippen molar-refractivity contribution in [1.29, 1.82) is 0 Å². The zero-order chi connectivity index (χ0) is 17.0. The minimum atomic E-state index is -0.556. The molecule has 24 heavy (non-hydrogen) atoms. The summed E-state index contributed by atoms with van der Waals surface area (Å²) in [5.41, 5.74) is 6.05. The summed E-state index contributed by atoms with van der Waals surface area (Å²) in [5, 5.41) is 0. The van der Waals surface area contributed by atoms with Crippen LogP contribution in [0.4, 0.5) is 4.39 Å². The lowest BCUT2D eigenvalue weighted by Gasteiger charge is -2.16. The third-order valence-corrected chi connectivity index (χ3v) is 3.69. The quantitative estimate of drug-likeness (QED) is 0.758. The first-order chi connectivity index (χ1) is 11.0. The minimum absolute atomic E-state index is 0. The molecule has 0 amide bonds. The predicted molar refractivity (Wildman–Crippen MR) is 95.3 cm³/mol. The van der Waals surface area contributed by atoms with E-state index < -0.39 is 5.82 Å². The van der Waals surface area contributed by atoms with E-state index in [0.29, 0.717) is 36.5 Å². The summed E-state index contributed by atoms with van der Waals surface area (Å²) in [5.74, 6) is -0.118. The van der Waals surface area contributed by atoms with Gasteiger partial charge in [0, 0.05) is 24.2 Å². The van der Waals surface area contributed by atoms with Crippen LogP contribution < -0.4 is 20.8 Å². The number of benzene rings is 1. The van der Waals surface area contributed by atoms with Gasteiger partial charge < -0.3 is 19.8 Å². The molecule has 0 aliphatic heterocycles. The maximum absolute atomic E-state index is 14.1. The first kappa shape index (κ1) is 20.1. The van der Waals surface area contributed by atoms with Crippen LogP contribution in [0, 0.1) is 10.6 Å². The fraction of sp³-hybridized carbons (Fsp3) is 0.333. The first-order valence-electron chi connectivity index (χ1n) is 6.98. The zero-order valence-corrected chi connectivity index (χ0v) is 14.9. The van der Waals surface area contributed by atoms with Gasteiger partial charge in [-0.05, 0) is 31.2 Å². The number of rotatable bonds is 6. The van der Waals surface area contributed by atoms with Gasteiger partial charge >= 0.3 is 0 Å². The van der Waals surface area contributed by atoms with E-state index in [4.69, 9.17) is 27.4 Å². The van der Waals surface area contributed by atoms with Gasteiger partial charge in [0.05, 0.1) is 19.9 Å². The third kappa shape index (κ3) is 4.14. The predicted octanol–water partition coefficient (Wildman–Crippen LogP) is 2.50. The van der Waals surface area contributed by atoms with E-state index in [1.807, 2.05) is 0 Å². The highest BCUT2D eigenvalue weighted by Crippen LogP contribution is 2.35. The summed E-state index contributed by atoms with van der Waals surface area (Å²) in [6, 6.07) is 4.05. The molecule has 1 aromatic carbocycles. The highest BCUT2D eigenvalue weighted by atomic mass is 35.5. The Labute approximate surface area is 149 Å². The largest absolute Gasteiger partial charge is 0.496 e. The SMILES string of the molecule is COc1cc(OC)c(-c2cc(=O)[nH]c(=S)n2CCCN)cc1F.Cl. The van der Waals surface area contributed by atoms with Crippen LogP contribution in [0.2, 0.25) is 0 Å². The fourth-order valence-electron chi connectivity index (χ4n) is 2.28. The van der Waals surface area contributed by atoms with Crippen LogP contribution in [0.3, 0.4) is 0 Å². The molecule has 0 spiro atoms. The van der Waals surface area contributed by atoms with Gasteiger partial charge in [-0.3, -0.25) is 9.78 Å². The lowest BCUT2D eigenvalue weighted by atomic mass is 10.1. The van der Waals surface area contributed by atoms with Crippen LogP contribution in [0.5, 0.6) is 11.5 Å². The second kappa shape index (κ2) is 8.81. The molecule has 6 nitrogen and oxygen atoms in total. The molecule has 1 aromatic heterocycles. The molecule has 2 rings (SSSR count). The Morgan fingerprint density at radius 2 is 1.92 bits per heavy atom. The number of nitrogens with one attached hydrogen (secondary N) is 1. The Kier molecular flexibility index (Phi) is 7.40.